The van der Waals surface area contributed by atoms with Gasteiger partial charge in [0.1, 0.15) is 18.1 Å². The maximum Gasteiger partial charge on any atom is 0.225 e. The molecule has 0 amide bonds. The first-order valence-electron chi connectivity index (χ1n) is 13.2. The Morgan fingerprint density at radius 3 is 2.61 bits per heavy atom. The van der Waals surface area contributed by atoms with Crippen LogP contribution in [0.2, 0.25) is 0 Å². The highest BCUT2D eigenvalue weighted by atomic mass is 35.5. The van der Waals surface area contributed by atoms with Gasteiger partial charge in [-0.15, -0.1) is 21.8 Å². The zero-order valence-electron chi connectivity index (χ0n) is 22.4. The maximum atomic E-state index is 6.04. The van der Waals surface area contributed by atoms with Gasteiger partial charge in [0.05, 0.1) is 42.6 Å². The molecule has 6 aromatic rings. The van der Waals surface area contributed by atoms with E-state index in [0.717, 1.165) is 44.6 Å². The fraction of sp³-hybridized carbons (Fsp3) is 0.194. The number of methoxy groups -OCH3 is 1. The second-order valence-electron chi connectivity index (χ2n) is 9.37. The number of rotatable bonds is 11. The molecule has 3 aromatic heterocycles. The highest BCUT2D eigenvalue weighted by molar-refractivity contribution is 6.17. The van der Waals surface area contributed by atoms with Gasteiger partial charge in [-0.25, -0.2) is 9.97 Å². The van der Waals surface area contributed by atoms with Gasteiger partial charge in [0, 0.05) is 16.7 Å². The van der Waals surface area contributed by atoms with Crippen molar-refractivity contribution in [3.05, 3.63) is 96.2 Å². The molecule has 9 nitrogen and oxygen atoms in total. The molecule has 0 aliphatic heterocycles. The molecule has 0 unspecified atom stereocenters. The highest BCUT2D eigenvalue weighted by Crippen LogP contribution is 2.31. The minimum absolute atomic E-state index is 0.367. The standard InChI is InChI=1S/C31H27ClN6O3/c1-39-25-12-13-29-23(17-25)18-27(31(34-29)40-15-5-14-32)30-35-37-38(36-30)19-21-6-4-8-26(16-21)41-20-24-11-10-22-7-2-3-9-28(22)33-24/h2-4,6-13,16-18H,5,14-15,19-20H2,1H3. The predicted molar refractivity (Wildman–Crippen MR) is 158 cm³/mol. The molecule has 0 N–H and O–H groups in total. The summed E-state index contributed by atoms with van der Waals surface area (Å²) in [6.45, 7) is 1.21. The van der Waals surface area contributed by atoms with Gasteiger partial charge in [-0.1, -0.05) is 36.4 Å². The number of nitrogens with zero attached hydrogens (tertiary/aromatic N) is 6. The second kappa shape index (κ2) is 12.2. The third kappa shape index (κ3) is 6.20. The molecule has 0 bridgehead atoms. The van der Waals surface area contributed by atoms with Crippen LogP contribution >= 0.6 is 11.6 Å². The molecule has 0 radical (unpaired) electrons. The van der Waals surface area contributed by atoms with E-state index in [9.17, 15) is 0 Å². The number of tetrazole rings is 1. The Morgan fingerprint density at radius 2 is 1.71 bits per heavy atom. The summed E-state index contributed by atoms with van der Waals surface area (Å²) in [5.41, 5.74) is 4.20. The van der Waals surface area contributed by atoms with E-state index in [1.807, 2.05) is 78.9 Å². The predicted octanol–water partition coefficient (Wildman–Crippen LogP) is 6.08. The second-order valence-corrected chi connectivity index (χ2v) is 9.74. The van der Waals surface area contributed by atoms with Crippen LogP contribution in [0.5, 0.6) is 17.4 Å². The van der Waals surface area contributed by atoms with Crippen molar-refractivity contribution in [1.82, 2.24) is 30.2 Å². The number of ether oxygens (including phenoxy) is 3. The van der Waals surface area contributed by atoms with Gasteiger partial charge in [0.15, 0.2) is 0 Å². The molecule has 0 spiro atoms. The number of pyridine rings is 2. The first-order valence-corrected chi connectivity index (χ1v) is 13.7. The number of aromatic nitrogens is 6. The molecule has 3 heterocycles. The van der Waals surface area contributed by atoms with Crippen molar-refractivity contribution in [3.63, 3.8) is 0 Å². The number of alkyl halides is 1. The van der Waals surface area contributed by atoms with Crippen molar-refractivity contribution in [2.75, 3.05) is 19.6 Å². The lowest BCUT2D eigenvalue weighted by molar-refractivity contribution is 0.301. The van der Waals surface area contributed by atoms with Crippen LogP contribution < -0.4 is 14.2 Å². The summed E-state index contributed by atoms with van der Waals surface area (Å²) in [4.78, 5) is 10.9. The highest BCUT2D eigenvalue weighted by Gasteiger charge is 2.16. The molecular formula is C31H27ClN6O3. The van der Waals surface area contributed by atoms with Gasteiger partial charge in [-0.05, 0) is 65.7 Å². The average Bonchev–Trinajstić information content (AvgIpc) is 3.47. The Labute approximate surface area is 241 Å². The summed E-state index contributed by atoms with van der Waals surface area (Å²) in [5.74, 6) is 2.82. The Hall–Kier alpha value is -4.76. The fourth-order valence-corrected chi connectivity index (χ4v) is 4.53. The molecule has 41 heavy (non-hydrogen) atoms. The molecule has 6 rings (SSSR count). The maximum absolute atomic E-state index is 6.04. The van der Waals surface area contributed by atoms with Crippen molar-refractivity contribution in [1.29, 1.82) is 0 Å². The van der Waals surface area contributed by atoms with Gasteiger partial charge in [-0.3, -0.25) is 0 Å². The van der Waals surface area contributed by atoms with E-state index in [1.165, 1.54) is 4.80 Å². The minimum atomic E-state index is 0.367. The van der Waals surface area contributed by atoms with Crippen LogP contribution in [0.15, 0.2) is 84.9 Å². The summed E-state index contributed by atoms with van der Waals surface area (Å²) in [5, 5.41) is 15.2. The average molecular weight is 567 g/mol. The first kappa shape index (κ1) is 26.5. The van der Waals surface area contributed by atoms with Gasteiger partial charge in [-0.2, -0.15) is 4.80 Å². The number of halogens is 1. The number of hydrogen-bond donors (Lipinski definition) is 0. The van der Waals surface area contributed by atoms with Crippen molar-refractivity contribution < 1.29 is 14.2 Å². The third-order valence-electron chi connectivity index (χ3n) is 6.46. The Bertz CT molecular complexity index is 1810. The van der Waals surface area contributed by atoms with Gasteiger partial charge >= 0.3 is 0 Å². The smallest absolute Gasteiger partial charge is 0.225 e. The zero-order chi connectivity index (χ0) is 28.0. The van der Waals surface area contributed by atoms with Crippen LogP contribution in [0.4, 0.5) is 0 Å². The van der Waals surface area contributed by atoms with E-state index in [0.29, 0.717) is 49.3 Å². The summed E-state index contributed by atoms with van der Waals surface area (Å²) < 4.78 is 17.4. The van der Waals surface area contributed by atoms with Crippen molar-refractivity contribution in [3.8, 4) is 28.8 Å². The molecule has 0 aliphatic carbocycles. The van der Waals surface area contributed by atoms with Crippen molar-refractivity contribution >= 4 is 33.4 Å². The van der Waals surface area contributed by atoms with Crippen LogP contribution in [0.3, 0.4) is 0 Å². The number of para-hydroxylation sites is 1. The number of benzene rings is 3. The van der Waals surface area contributed by atoms with E-state index >= 15 is 0 Å². The summed E-state index contributed by atoms with van der Waals surface area (Å²) in [6.07, 6.45) is 0.693. The fourth-order valence-electron chi connectivity index (χ4n) is 4.42. The molecule has 10 heteroatoms. The summed E-state index contributed by atoms with van der Waals surface area (Å²) in [7, 11) is 1.63. The quantitative estimate of drug-likeness (QED) is 0.137. The van der Waals surface area contributed by atoms with Gasteiger partial charge in [0.25, 0.3) is 0 Å². The lowest BCUT2D eigenvalue weighted by Crippen LogP contribution is -2.05. The molecule has 3 aromatic carbocycles. The Balaban J connectivity index is 1.19. The summed E-state index contributed by atoms with van der Waals surface area (Å²) in [6, 6.07) is 27.5. The van der Waals surface area contributed by atoms with Gasteiger partial charge < -0.3 is 14.2 Å². The first-order chi connectivity index (χ1) is 20.2. The Morgan fingerprint density at radius 1 is 0.805 bits per heavy atom. The van der Waals surface area contributed by atoms with Gasteiger partial charge in [0.2, 0.25) is 11.7 Å². The molecule has 0 fully saturated rings. The monoisotopic (exact) mass is 566 g/mol. The molecule has 0 aliphatic rings. The topological polar surface area (TPSA) is 97.1 Å². The van der Waals surface area contributed by atoms with E-state index in [-0.39, 0.29) is 0 Å². The van der Waals surface area contributed by atoms with E-state index in [4.69, 9.17) is 30.8 Å². The SMILES string of the molecule is COc1ccc2nc(OCCCCl)c(-c3nnn(Cc4cccc(OCc5ccc6ccccc6n5)c4)n3)cc2c1. The van der Waals surface area contributed by atoms with E-state index < -0.39 is 0 Å². The van der Waals surface area contributed by atoms with E-state index in [2.05, 4.69) is 26.5 Å². The van der Waals surface area contributed by atoms with Crippen LogP contribution in [0.25, 0.3) is 33.2 Å². The van der Waals surface area contributed by atoms with Crippen LogP contribution in [-0.4, -0.2) is 49.8 Å². The molecular weight excluding hydrogens is 540 g/mol. The molecule has 0 atom stereocenters. The van der Waals surface area contributed by atoms with Crippen molar-refractivity contribution in [2.45, 2.75) is 19.6 Å². The lowest BCUT2D eigenvalue weighted by atomic mass is 10.1. The van der Waals surface area contributed by atoms with E-state index in [1.54, 1.807) is 7.11 Å². The lowest BCUT2D eigenvalue weighted by Gasteiger charge is -2.10. The third-order valence-corrected chi connectivity index (χ3v) is 6.73. The van der Waals surface area contributed by atoms with Crippen LogP contribution in [0.1, 0.15) is 17.7 Å². The number of fused-ring (bicyclic) bond motifs is 2. The molecule has 0 saturated heterocycles. The van der Waals surface area contributed by atoms with Crippen molar-refractivity contribution in [2.24, 2.45) is 0 Å². The summed E-state index contributed by atoms with van der Waals surface area (Å²) >= 11 is 5.85. The van der Waals surface area contributed by atoms with Crippen LogP contribution in [-0.2, 0) is 13.2 Å². The normalized spacial score (nSPS) is 11.2. The zero-order valence-corrected chi connectivity index (χ0v) is 23.2. The molecule has 0 saturated carbocycles. The molecule has 206 valence electrons. The largest absolute Gasteiger partial charge is 0.497 e. The van der Waals surface area contributed by atoms with Crippen LogP contribution in [0, 0.1) is 0 Å². The Kier molecular flexibility index (Phi) is 7.86. The number of hydrogen-bond acceptors (Lipinski definition) is 8. The minimum Gasteiger partial charge on any atom is -0.497 e.